The summed E-state index contributed by atoms with van der Waals surface area (Å²) in [7, 11) is 0. The molecule has 2 amide bonds. The highest BCUT2D eigenvalue weighted by Gasteiger charge is 2.21. The van der Waals surface area contributed by atoms with Gasteiger partial charge in [0.15, 0.2) is 0 Å². The summed E-state index contributed by atoms with van der Waals surface area (Å²) in [6.07, 6.45) is 0.577. The van der Waals surface area contributed by atoms with Gasteiger partial charge in [-0.15, -0.1) is 0 Å². The fourth-order valence-corrected chi connectivity index (χ4v) is 3.62. The van der Waals surface area contributed by atoms with Crippen molar-refractivity contribution >= 4 is 23.4 Å². The molecule has 8 nitrogen and oxygen atoms in total. The van der Waals surface area contributed by atoms with E-state index in [-0.39, 0.29) is 12.0 Å². The average molecular weight is 419 g/mol. The first-order chi connectivity index (χ1) is 14.5. The Kier molecular flexibility index (Phi) is 8.33. The largest absolute Gasteiger partial charge is 0.449 e. The van der Waals surface area contributed by atoms with Gasteiger partial charge in [0.25, 0.3) is 0 Å². The van der Waals surface area contributed by atoms with Crippen molar-refractivity contribution in [3.8, 4) is 0 Å². The van der Waals surface area contributed by atoms with Gasteiger partial charge in [-0.25, -0.2) is 4.79 Å². The van der Waals surface area contributed by atoms with Crippen LogP contribution in [0.3, 0.4) is 0 Å². The monoisotopic (exact) mass is 418 g/mol. The van der Waals surface area contributed by atoms with Crippen molar-refractivity contribution in [1.29, 1.82) is 0 Å². The van der Waals surface area contributed by atoms with Crippen LogP contribution in [0.2, 0.25) is 0 Å². The number of nitrogens with zero attached hydrogens (tertiary/aromatic N) is 3. The summed E-state index contributed by atoms with van der Waals surface area (Å²) in [4.78, 5) is 30.8. The Morgan fingerprint density at radius 2 is 1.77 bits per heavy atom. The SMILES string of the molecule is CC(C)COC(=O)N1CCCN(CC(=O)Nc2ccc(N3CCOCC3)cc2)CC1. The van der Waals surface area contributed by atoms with Crippen LogP contribution >= 0.6 is 0 Å². The normalized spacial score (nSPS) is 18.2. The highest BCUT2D eigenvalue weighted by atomic mass is 16.6. The van der Waals surface area contributed by atoms with Gasteiger partial charge in [-0.2, -0.15) is 0 Å². The van der Waals surface area contributed by atoms with Gasteiger partial charge in [0.1, 0.15) is 0 Å². The molecule has 2 heterocycles. The van der Waals surface area contributed by atoms with Crippen molar-refractivity contribution in [2.75, 3.05) is 75.9 Å². The molecule has 0 atom stereocenters. The van der Waals surface area contributed by atoms with Gasteiger partial charge >= 0.3 is 6.09 Å². The summed E-state index contributed by atoms with van der Waals surface area (Å²) < 4.78 is 10.7. The first kappa shape index (κ1) is 22.4. The van der Waals surface area contributed by atoms with E-state index in [0.717, 1.165) is 50.6 Å². The van der Waals surface area contributed by atoms with Gasteiger partial charge in [-0.1, -0.05) is 13.8 Å². The molecule has 3 rings (SSSR count). The minimum Gasteiger partial charge on any atom is -0.449 e. The number of rotatable bonds is 6. The number of anilines is 2. The van der Waals surface area contributed by atoms with Crippen LogP contribution in [-0.2, 0) is 14.3 Å². The quantitative estimate of drug-likeness (QED) is 0.764. The van der Waals surface area contributed by atoms with Crippen LogP contribution in [0.5, 0.6) is 0 Å². The molecule has 0 aromatic heterocycles. The molecule has 0 bridgehead atoms. The summed E-state index contributed by atoms with van der Waals surface area (Å²) >= 11 is 0. The van der Waals surface area contributed by atoms with E-state index >= 15 is 0 Å². The highest BCUT2D eigenvalue weighted by Crippen LogP contribution is 2.19. The van der Waals surface area contributed by atoms with Crippen molar-refractivity contribution in [3.05, 3.63) is 24.3 Å². The maximum Gasteiger partial charge on any atom is 0.409 e. The van der Waals surface area contributed by atoms with Crippen molar-refractivity contribution in [1.82, 2.24) is 9.80 Å². The van der Waals surface area contributed by atoms with Crippen LogP contribution < -0.4 is 10.2 Å². The molecule has 1 aromatic carbocycles. The molecular formula is C22H34N4O4. The number of carbonyl (C=O) groups is 2. The minimum atomic E-state index is -0.254. The number of benzene rings is 1. The van der Waals surface area contributed by atoms with E-state index in [1.807, 2.05) is 38.1 Å². The third-order valence-corrected chi connectivity index (χ3v) is 5.28. The molecule has 0 aliphatic carbocycles. The smallest absolute Gasteiger partial charge is 0.409 e. The van der Waals surface area contributed by atoms with Crippen LogP contribution in [0.1, 0.15) is 20.3 Å². The molecule has 0 spiro atoms. The lowest BCUT2D eigenvalue weighted by Gasteiger charge is -2.29. The third kappa shape index (κ3) is 6.88. The third-order valence-electron chi connectivity index (χ3n) is 5.28. The molecule has 2 aliphatic rings. The first-order valence-corrected chi connectivity index (χ1v) is 10.9. The van der Waals surface area contributed by atoms with E-state index in [9.17, 15) is 9.59 Å². The second kappa shape index (κ2) is 11.2. The Hall–Kier alpha value is -2.32. The van der Waals surface area contributed by atoms with Crippen LogP contribution in [-0.4, -0.2) is 87.4 Å². The van der Waals surface area contributed by atoms with E-state index in [1.165, 1.54) is 0 Å². The van der Waals surface area contributed by atoms with Crippen molar-refractivity contribution in [3.63, 3.8) is 0 Å². The Bertz CT molecular complexity index is 689. The maximum absolute atomic E-state index is 12.5. The predicted octanol–water partition coefficient (Wildman–Crippen LogP) is 2.26. The van der Waals surface area contributed by atoms with Crippen molar-refractivity contribution < 1.29 is 19.1 Å². The van der Waals surface area contributed by atoms with Gasteiger partial charge in [0.05, 0.1) is 26.4 Å². The number of nitrogens with one attached hydrogen (secondary N) is 1. The molecule has 2 saturated heterocycles. The summed E-state index contributed by atoms with van der Waals surface area (Å²) in [5.41, 5.74) is 1.94. The fourth-order valence-electron chi connectivity index (χ4n) is 3.62. The van der Waals surface area contributed by atoms with E-state index in [2.05, 4.69) is 15.1 Å². The Balaban J connectivity index is 1.43. The molecule has 0 saturated carbocycles. The molecule has 2 fully saturated rings. The molecule has 30 heavy (non-hydrogen) atoms. The molecule has 1 aromatic rings. The van der Waals surface area contributed by atoms with E-state index < -0.39 is 0 Å². The topological polar surface area (TPSA) is 74.4 Å². The molecule has 8 heteroatoms. The Labute approximate surface area is 179 Å². The van der Waals surface area contributed by atoms with Crippen LogP contribution in [0, 0.1) is 5.92 Å². The fraction of sp³-hybridized carbons (Fsp3) is 0.636. The maximum atomic E-state index is 12.5. The first-order valence-electron chi connectivity index (χ1n) is 10.9. The lowest BCUT2D eigenvalue weighted by Crippen LogP contribution is -2.38. The van der Waals surface area contributed by atoms with Gasteiger partial charge in [0.2, 0.25) is 5.91 Å². The molecule has 0 unspecified atom stereocenters. The second-order valence-electron chi connectivity index (χ2n) is 8.28. The zero-order chi connectivity index (χ0) is 21.3. The molecule has 166 valence electrons. The Morgan fingerprint density at radius 1 is 1.03 bits per heavy atom. The zero-order valence-corrected chi connectivity index (χ0v) is 18.1. The zero-order valence-electron chi connectivity index (χ0n) is 18.1. The lowest BCUT2D eigenvalue weighted by molar-refractivity contribution is -0.117. The molecular weight excluding hydrogens is 384 g/mol. The number of carbonyl (C=O) groups excluding carboxylic acids is 2. The standard InChI is InChI=1S/C22H34N4O4/c1-18(2)17-30-22(28)26-9-3-8-24(10-11-26)16-21(27)23-19-4-6-20(7-5-19)25-12-14-29-15-13-25/h4-7,18H,3,8-17H2,1-2H3,(H,23,27). The number of morpholine rings is 1. The molecule has 0 radical (unpaired) electrons. The minimum absolute atomic E-state index is 0.0371. The van der Waals surface area contributed by atoms with Crippen LogP contribution in [0.15, 0.2) is 24.3 Å². The summed E-state index contributed by atoms with van der Waals surface area (Å²) in [5.74, 6) is 0.286. The van der Waals surface area contributed by atoms with Gasteiger partial charge in [0, 0.05) is 50.6 Å². The number of hydrogen-bond donors (Lipinski definition) is 1. The Morgan fingerprint density at radius 3 is 2.47 bits per heavy atom. The summed E-state index contributed by atoms with van der Waals surface area (Å²) in [6.45, 7) is 10.8. The summed E-state index contributed by atoms with van der Waals surface area (Å²) in [6, 6.07) is 7.95. The van der Waals surface area contributed by atoms with E-state index in [4.69, 9.17) is 9.47 Å². The van der Waals surface area contributed by atoms with Crippen molar-refractivity contribution in [2.24, 2.45) is 5.92 Å². The predicted molar refractivity (Wildman–Crippen MR) is 117 cm³/mol. The van der Waals surface area contributed by atoms with Crippen molar-refractivity contribution in [2.45, 2.75) is 20.3 Å². The van der Waals surface area contributed by atoms with E-state index in [1.54, 1.807) is 4.90 Å². The van der Waals surface area contributed by atoms with E-state index in [0.29, 0.717) is 38.7 Å². The molecule has 1 N–H and O–H groups in total. The van der Waals surface area contributed by atoms with Crippen LogP contribution in [0.4, 0.5) is 16.2 Å². The second-order valence-corrected chi connectivity index (χ2v) is 8.28. The van der Waals surface area contributed by atoms with Gasteiger partial charge < -0.3 is 24.6 Å². The number of hydrogen-bond acceptors (Lipinski definition) is 6. The average Bonchev–Trinajstić information content (AvgIpc) is 2.98. The summed E-state index contributed by atoms with van der Waals surface area (Å²) in [5, 5.41) is 2.98. The molecule has 2 aliphatic heterocycles. The van der Waals surface area contributed by atoms with Gasteiger partial charge in [-0.3, -0.25) is 9.69 Å². The van der Waals surface area contributed by atoms with Gasteiger partial charge in [-0.05, 0) is 36.6 Å². The number of amides is 2. The van der Waals surface area contributed by atoms with Crippen LogP contribution in [0.25, 0.3) is 0 Å². The number of ether oxygens (including phenoxy) is 2. The lowest BCUT2D eigenvalue weighted by atomic mass is 10.2. The highest BCUT2D eigenvalue weighted by molar-refractivity contribution is 5.92.